The third-order valence-corrected chi connectivity index (χ3v) is 5.21. The van der Waals surface area contributed by atoms with E-state index in [0.29, 0.717) is 18.1 Å². The number of benzene rings is 2. The van der Waals surface area contributed by atoms with Crippen LogP contribution in [0.2, 0.25) is 0 Å². The Hall–Kier alpha value is -3.61. The number of para-hydroxylation sites is 1. The molecule has 0 saturated heterocycles. The van der Waals surface area contributed by atoms with Gasteiger partial charge in [0.1, 0.15) is 11.5 Å². The van der Waals surface area contributed by atoms with Gasteiger partial charge in [0.2, 0.25) is 6.79 Å². The number of carbonyl (C=O) groups is 1. The molecular weight excluding hydrogens is 368 g/mol. The van der Waals surface area contributed by atoms with Gasteiger partial charge in [0.15, 0.2) is 11.5 Å². The van der Waals surface area contributed by atoms with Gasteiger partial charge in [-0.2, -0.15) is 0 Å². The Balaban J connectivity index is 1.27. The van der Waals surface area contributed by atoms with Crippen molar-refractivity contribution >= 4 is 17.4 Å². The van der Waals surface area contributed by atoms with Crippen LogP contribution in [0.4, 0.5) is 11.5 Å². The molecule has 2 aliphatic rings. The highest BCUT2D eigenvalue weighted by Crippen LogP contribution is 2.33. The maximum atomic E-state index is 13.0. The first-order valence-electron chi connectivity index (χ1n) is 9.55. The maximum Gasteiger partial charge on any atom is 0.278 e. The summed E-state index contributed by atoms with van der Waals surface area (Å²) in [6.07, 6.45) is 3.97. The molecule has 0 spiro atoms. The number of nitrogens with zero attached hydrogens (tertiary/aromatic N) is 3. The summed E-state index contributed by atoms with van der Waals surface area (Å²) >= 11 is 0. The fraction of sp³-hybridized carbons (Fsp3) is 0.227. The lowest BCUT2D eigenvalue weighted by atomic mass is 10.1. The van der Waals surface area contributed by atoms with Gasteiger partial charge in [-0.05, 0) is 42.7 Å². The number of hydrogen-bond acceptors (Lipinski definition) is 6. The van der Waals surface area contributed by atoms with Crippen molar-refractivity contribution in [3.8, 4) is 11.5 Å². The van der Waals surface area contributed by atoms with E-state index in [4.69, 9.17) is 9.47 Å². The highest BCUT2D eigenvalue weighted by molar-refractivity contribution is 6.06. The number of anilines is 2. The molecular formula is C22H20N4O3. The molecule has 1 atom stereocenters. The average Bonchev–Trinajstić information content (AvgIpc) is 3.35. The van der Waals surface area contributed by atoms with Crippen molar-refractivity contribution in [2.24, 2.45) is 0 Å². The van der Waals surface area contributed by atoms with Gasteiger partial charge in [0.05, 0.1) is 12.4 Å². The quantitative estimate of drug-likeness (QED) is 0.738. The van der Waals surface area contributed by atoms with E-state index in [-0.39, 0.29) is 18.7 Å². The maximum absolute atomic E-state index is 13.0. The summed E-state index contributed by atoms with van der Waals surface area (Å²) in [6, 6.07) is 13.9. The Bertz CT molecular complexity index is 1070. The zero-order chi connectivity index (χ0) is 19.8. The lowest BCUT2D eigenvalue weighted by Crippen LogP contribution is -2.36. The number of aromatic nitrogens is 2. The number of hydrogen-bond donors (Lipinski definition) is 1. The largest absolute Gasteiger partial charge is 0.454 e. The van der Waals surface area contributed by atoms with Gasteiger partial charge < -0.3 is 19.7 Å². The van der Waals surface area contributed by atoms with Gasteiger partial charge >= 0.3 is 0 Å². The Morgan fingerprint density at radius 3 is 2.86 bits per heavy atom. The van der Waals surface area contributed by atoms with Crippen molar-refractivity contribution in [3.05, 3.63) is 71.7 Å². The van der Waals surface area contributed by atoms with E-state index in [0.717, 1.165) is 29.2 Å². The molecule has 1 aromatic heterocycles. The van der Waals surface area contributed by atoms with Gasteiger partial charge in [-0.15, -0.1) is 0 Å². The number of nitrogens with one attached hydrogen (secondary N) is 1. The molecule has 7 nitrogen and oxygen atoms in total. The monoisotopic (exact) mass is 388 g/mol. The first-order valence-corrected chi connectivity index (χ1v) is 9.55. The molecule has 146 valence electrons. The van der Waals surface area contributed by atoms with Gasteiger partial charge in [-0.3, -0.25) is 4.79 Å². The number of amides is 1. The number of fused-ring (bicyclic) bond motifs is 2. The zero-order valence-corrected chi connectivity index (χ0v) is 16.0. The third kappa shape index (κ3) is 3.24. The van der Waals surface area contributed by atoms with Crippen molar-refractivity contribution in [1.82, 2.24) is 9.97 Å². The molecule has 0 saturated carbocycles. The minimum Gasteiger partial charge on any atom is -0.454 e. The summed E-state index contributed by atoms with van der Waals surface area (Å²) in [6.45, 7) is 2.87. The Labute approximate surface area is 168 Å². The van der Waals surface area contributed by atoms with Gasteiger partial charge in [0.25, 0.3) is 5.91 Å². The molecule has 0 radical (unpaired) electrons. The van der Waals surface area contributed by atoms with Crippen molar-refractivity contribution in [2.75, 3.05) is 17.0 Å². The van der Waals surface area contributed by atoms with Crippen molar-refractivity contribution in [1.29, 1.82) is 0 Å². The molecule has 5 rings (SSSR count). The number of carbonyl (C=O) groups excluding carboxylic acids is 1. The van der Waals surface area contributed by atoms with Crippen LogP contribution in [0, 0.1) is 0 Å². The van der Waals surface area contributed by atoms with Crippen LogP contribution in [-0.4, -0.2) is 28.7 Å². The van der Waals surface area contributed by atoms with Gasteiger partial charge in [-0.25, -0.2) is 9.97 Å². The average molecular weight is 388 g/mol. The molecule has 0 bridgehead atoms. The SMILES string of the molecule is CC1Cc2ccccc2N1C(=O)c1cnc(NCc2ccc3c(c2)OCO3)cn1. The number of rotatable bonds is 4. The minimum absolute atomic E-state index is 0.102. The molecule has 3 heterocycles. The fourth-order valence-electron chi connectivity index (χ4n) is 3.77. The van der Waals surface area contributed by atoms with Gasteiger partial charge in [0, 0.05) is 18.3 Å². The first kappa shape index (κ1) is 17.5. The summed E-state index contributed by atoms with van der Waals surface area (Å²) in [4.78, 5) is 23.5. The molecule has 2 aromatic carbocycles. The van der Waals surface area contributed by atoms with E-state index in [1.165, 1.54) is 11.8 Å². The van der Waals surface area contributed by atoms with Crippen LogP contribution >= 0.6 is 0 Å². The lowest BCUT2D eigenvalue weighted by molar-refractivity contribution is 0.0976. The van der Waals surface area contributed by atoms with E-state index in [1.807, 2.05) is 43.3 Å². The topological polar surface area (TPSA) is 76.6 Å². The van der Waals surface area contributed by atoms with Crippen molar-refractivity contribution in [3.63, 3.8) is 0 Å². The Kier molecular flexibility index (Phi) is 4.27. The summed E-state index contributed by atoms with van der Waals surface area (Å²) < 4.78 is 10.7. The molecule has 0 fully saturated rings. The van der Waals surface area contributed by atoms with Crippen LogP contribution in [-0.2, 0) is 13.0 Å². The normalized spacial score (nSPS) is 16.6. The molecule has 1 unspecified atom stereocenters. The Morgan fingerprint density at radius 2 is 2.00 bits per heavy atom. The molecule has 3 aromatic rings. The van der Waals surface area contributed by atoms with Crippen LogP contribution < -0.4 is 19.7 Å². The number of ether oxygens (including phenoxy) is 2. The summed E-state index contributed by atoms with van der Waals surface area (Å²) in [5.41, 5.74) is 3.51. The van der Waals surface area contributed by atoms with E-state index in [2.05, 4.69) is 21.4 Å². The highest BCUT2D eigenvalue weighted by atomic mass is 16.7. The molecule has 7 heteroatoms. The van der Waals surface area contributed by atoms with Crippen LogP contribution in [0.1, 0.15) is 28.5 Å². The smallest absolute Gasteiger partial charge is 0.278 e. The summed E-state index contributed by atoms with van der Waals surface area (Å²) in [5.74, 6) is 1.98. The predicted molar refractivity (Wildman–Crippen MR) is 108 cm³/mol. The molecule has 1 N–H and O–H groups in total. The summed E-state index contributed by atoms with van der Waals surface area (Å²) in [5, 5.41) is 3.22. The van der Waals surface area contributed by atoms with Crippen LogP contribution in [0.5, 0.6) is 11.5 Å². The van der Waals surface area contributed by atoms with E-state index in [9.17, 15) is 4.79 Å². The Morgan fingerprint density at radius 1 is 1.14 bits per heavy atom. The summed E-state index contributed by atoms with van der Waals surface area (Å²) in [7, 11) is 0. The lowest BCUT2D eigenvalue weighted by Gasteiger charge is -2.22. The van der Waals surface area contributed by atoms with E-state index in [1.54, 1.807) is 11.1 Å². The van der Waals surface area contributed by atoms with E-state index < -0.39 is 0 Å². The molecule has 1 amide bonds. The van der Waals surface area contributed by atoms with Crippen LogP contribution in [0.3, 0.4) is 0 Å². The van der Waals surface area contributed by atoms with Crippen LogP contribution in [0.15, 0.2) is 54.9 Å². The fourth-order valence-corrected chi connectivity index (χ4v) is 3.77. The second kappa shape index (κ2) is 7.09. The highest BCUT2D eigenvalue weighted by Gasteiger charge is 2.31. The standard InChI is InChI=1S/C22H20N4O3/c1-14-8-16-4-2-3-5-18(16)26(14)22(27)17-11-25-21(12-23-17)24-10-15-6-7-19-20(9-15)29-13-28-19/h2-7,9,11-12,14H,8,10,13H2,1H3,(H,24,25). The van der Waals surface area contributed by atoms with Crippen molar-refractivity contribution in [2.45, 2.75) is 25.9 Å². The third-order valence-electron chi connectivity index (χ3n) is 5.21. The zero-order valence-electron chi connectivity index (χ0n) is 16.0. The first-order chi connectivity index (χ1) is 14.2. The van der Waals surface area contributed by atoms with Crippen LogP contribution in [0.25, 0.3) is 0 Å². The second-order valence-electron chi connectivity index (χ2n) is 7.19. The second-order valence-corrected chi connectivity index (χ2v) is 7.19. The minimum atomic E-state index is -0.128. The van der Waals surface area contributed by atoms with Gasteiger partial charge in [-0.1, -0.05) is 24.3 Å². The van der Waals surface area contributed by atoms with E-state index >= 15 is 0 Å². The molecule has 29 heavy (non-hydrogen) atoms. The molecule has 2 aliphatic heterocycles. The van der Waals surface area contributed by atoms with Crippen molar-refractivity contribution < 1.29 is 14.3 Å². The molecule has 0 aliphatic carbocycles. The predicted octanol–water partition coefficient (Wildman–Crippen LogP) is 3.41.